The van der Waals surface area contributed by atoms with Crippen LogP contribution >= 0.6 is 23.2 Å². The lowest BCUT2D eigenvalue weighted by molar-refractivity contribution is 0.0738. The van der Waals surface area contributed by atoms with Gasteiger partial charge >= 0.3 is 0 Å². The molecule has 196 valence electrons. The number of para-hydroxylation sites is 2. The van der Waals surface area contributed by atoms with Crippen molar-refractivity contribution in [2.45, 2.75) is 0 Å². The molecule has 6 rings (SSSR count). The molecule has 1 aliphatic rings. The summed E-state index contributed by atoms with van der Waals surface area (Å²) in [5.74, 6) is 0.571. The van der Waals surface area contributed by atoms with Crippen molar-refractivity contribution < 1.29 is 9.53 Å². The first-order valence-electron chi connectivity index (χ1n) is 12.6. The number of halogens is 2. The molecule has 0 atom stereocenters. The zero-order chi connectivity index (χ0) is 26.9. The standard InChI is InChI=1S/C30H25Cl2N5O2/c1-39-28-9-5-2-6-22(28)25-18-27(37-29(33-25)19-24(34-37)20-10-12-21(31)13-11-20)30(38)36-16-14-35(15-17-36)26-8-4-3-7-23(26)32/h2-13,18-19H,14-17H2,1H3. The maximum Gasteiger partial charge on any atom is 0.272 e. The van der Waals surface area contributed by atoms with E-state index in [2.05, 4.69) is 4.90 Å². The second kappa shape index (κ2) is 10.6. The van der Waals surface area contributed by atoms with Gasteiger partial charge in [0.25, 0.3) is 5.91 Å². The molecule has 7 nitrogen and oxygen atoms in total. The molecule has 9 heteroatoms. The van der Waals surface area contributed by atoms with Gasteiger partial charge in [0.2, 0.25) is 0 Å². The SMILES string of the molecule is COc1ccccc1-c1cc(C(=O)N2CCN(c3ccccc3Cl)CC2)n2nc(-c3ccc(Cl)cc3)cc2n1. The highest BCUT2D eigenvalue weighted by atomic mass is 35.5. The molecule has 5 aromatic rings. The number of aromatic nitrogens is 3. The van der Waals surface area contributed by atoms with E-state index < -0.39 is 0 Å². The number of fused-ring (bicyclic) bond motifs is 1. The third kappa shape index (κ3) is 4.91. The van der Waals surface area contributed by atoms with Crippen LogP contribution in [0.25, 0.3) is 28.2 Å². The predicted molar refractivity (Wildman–Crippen MR) is 155 cm³/mol. The summed E-state index contributed by atoms with van der Waals surface area (Å²) in [5, 5.41) is 6.14. The van der Waals surface area contributed by atoms with Crippen LogP contribution < -0.4 is 9.64 Å². The molecule has 39 heavy (non-hydrogen) atoms. The molecule has 0 radical (unpaired) electrons. The van der Waals surface area contributed by atoms with Gasteiger partial charge in [-0.25, -0.2) is 9.50 Å². The summed E-state index contributed by atoms with van der Waals surface area (Å²) in [4.78, 5) is 22.9. The van der Waals surface area contributed by atoms with Gasteiger partial charge in [-0.05, 0) is 42.5 Å². The second-order valence-corrected chi connectivity index (χ2v) is 10.1. The molecule has 1 aliphatic heterocycles. The van der Waals surface area contributed by atoms with Gasteiger partial charge in [-0.2, -0.15) is 5.10 Å². The van der Waals surface area contributed by atoms with E-state index in [1.165, 1.54) is 0 Å². The highest BCUT2D eigenvalue weighted by molar-refractivity contribution is 6.33. The van der Waals surface area contributed by atoms with Crippen LogP contribution in [0.4, 0.5) is 5.69 Å². The number of benzene rings is 3. The van der Waals surface area contributed by atoms with Crippen LogP contribution in [0.15, 0.2) is 84.9 Å². The number of nitrogens with zero attached hydrogens (tertiary/aromatic N) is 5. The van der Waals surface area contributed by atoms with E-state index in [4.69, 9.17) is 38.0 Å². The van der Waals surface area contributed by atoms with Crippen molar-refractivity contribution in [1.29, 1.82) is 0 Å². The molecule has 2 aromatic heterocycles. The monoisotopic (exact) mass is 557 g/mol. The normalized spacial score (nSPS) is 13.6. The van der Waals surface area contributed by atoms with Crippen molar-refractivity contribution in [3.05, 3.63) is 101 Å². The van der Waals surface area contributed by atoms with Gasteiger partial charge in [0, 0.05) is 48.4 Å². The quantitative estimate of drug-likeness (QED) is 0.252. The van der Waals surface area contributed by atoms with Gasteiger partial charge in [-0.15, -0.1) is 0 Å². The summed E-state index contributed by atoms with van der Waals surface area (Å²) < 4.78 is 7.22. The summed E-state index contributed by atoms with van der Waals surface area (Å²) in [6.45, 7) is 2.47. The zero-order valence-corrected chi connectivity index (χ0v) is 22.7. The Kier molecular flexibility index (Phi) is 6.85. The fraction of sp³-hybridized carbons (Fsp3) is 0.167. The maximum absolute atomic E-state index is 14.0. The van der Waals surface area contributed by atoms with Gasteiger partial charge in [0.1, 0.15) is 11.4 Å². The van der Waals surface area contributed by atoms with Crippen molar-refractivity contribution in [3.8, 4) is 28.3 Å². The minimum absolute atomic E-state index is 0.108. The fourth-order valence-electron chi connectivity index (χ4n) is 4.90. The van der Waals surface area contributed by atoms with Gasteiger partial charge in [0.15, 0.2) is 5.65 Å². The molecule has 0 N–H and O–H groups in total. The number of carbonyl (C=O) groups is 1. The Morgan fingerprint density at radius 3 is 2.31 bits per heavy atom. The Hall–Kier alpha value is -4.07. The number of rotatable bonds is 5. The average molecular weight is 558 g/mol. The summed E-state index contributed by atoms with van der Waals surface area (Å²) >= 11 is 12.5. The van der Waals surface area contributed by atoms with Crippen molar-refractivity contribution in [3.63, 3.8) is 0 Å². The molecule has 1 amide bonds. The number of anilines is 1. The van der Waals surface area contributed by atoms with Crippen LogP contribution in [0.2, 0.25) is 10.0 Å². The van der Waals surface area contributed by atoms with Crippen molar-refractivity contribution in [1.82, 2.24) is 19.5 Å². The molecule has 0 unspecified atom stereocenters. The first-order valence-corrected chi connectivity index (χ1v) is 13.4. The Bertz CT molecular complexity index is 1660. The molecule has 3 heterocycles. The first-order chi connectivity index (χ1) is 19.0. The first kappa shape index (κ1) is 25.2. The Morgan fingerprint density at radius 2 is 1.56 bits per heavy atom. The second-order valence-electron chi connectivity index (χ2n) is 9.26. The van der Waals surface area contributed by atoms with E-state index in [0.29, 0.717) is 64.7 Å². The minimum atomic E-state index is -0.108. The third-order valence-corrected chi connectivity index (χ3v) is 7.50. The average Bonchev–Trinajstić information content (AvgIpc) is 3.41. The molecule has 0 saturated carbocycles. The lowest BCUT2D eigenvalue weighted by Gasteiger charge is -2.36. The molecular weight excluding hydrogens is 533 g/mol. The van der Waals surface area contributed by atoms with E-state index >= 15 is 0 Å². The summed E-state index contributed by atoms with van der Waals surface area (Å²) in [7, 11) is 1.62. The van der Waals surface area contributed by atoms with Crippen LogP contribution in [0, 0.1) is 0 Å². The molecule has 3 aromatic carbocycles. The van der Waals surface area contributed by atoms with E-state index in [9.17, 15) is 4.79 Å². The molecule has 1 fully saturated rings. The Morgan fingerprint density at radius 1 is 0.846 bits per heavy atom. The number of methoxy groups -OCH3 is 1. The smallest absolute Gasteiger partial charge is 0.272 e. The highest BCUT2D eigenvalue weighted by Crippen LogP contribution is 2.31. The van der Waals surface area contributed by atoms with Crippen LogP contribution in [0.3, 0.4) is 0 Å². The topological polar surface area (TPSA) is 63.0 Å². The van der Waals surface area contributed by atoms with Crippen molar-refractivity contribution in [2.75, 3.05) is 38.2 Å². The number of hydrogen-bond acceptors (Lipinski definition) is 5. The van der Waals surface area contributed by atoms with Gasteiger partial charge in [-0.3, -0.25) is 4.79 Å². The van der Waals surface area contributed by atoms with E-state index in [-0.39, 0.29) is 5.91 Å². The van der Waals surface area contributed by atoms with E-state index in [1.54, 1.807) is 17.7 Å². The summed E-state index contributed by atoms with van der Waals surface area (Å²) in [6.07, 6.45) is 0. The van der Waals surface area contributed by atoms with E-state index in [0.717, 1.165) is 16.8 Å². The summed E-state index contributed by atoms with van der Waals surface area (Å²) in [5.41, 5.74) is 5.02. The number of piperazine rings is 1. The van der Waals surface area contributed by atoms with Crippen LogP contribution in [-0.4, -0.2) is 58.7 Å². The van der Waals surface area contributed by atoms with Crippen molar-refractivity contribution >= 4 is 40.4 Å². The molecule has 1 saturated heterocycles. The Labute approximate surface area is 236 Å². The van der Waals surface area contributed by atoms with E-state index in [1.807, 2.05) is 83.8 Å². The largest absolute Gasteiger partial charge is 0.496 e. The maximum atomic E-state index is 14.0. The van der Waals surface area contributed by atoms with Crippen LogP contribution in [-0.2, 0) is 0 Å². The van der Waals surface area contributed by atoms with Crippen LogP contribution in [0.1, 0.15) is 10.5 Å². The highest BCUT2D eigenvalue weighted by Gasteiger charge is 2.27. The number of ether oxygens (including phenoxy) is 1. The lowest BCUT2D eigenvalue weighted by Crippen LogP contribution is -2.49. The molecule has 0 bridgehead atoms. The van der Waals surface area contributed by atoms with Crippen LogP contribution in [0.5, 0.6) is 5.75 Å². The lowest BCUT2D eigenvalue weighted by atomic mass is 10.1. The van der Waals surface area contributed by atoms with Gasteiger partial charge < -0.3 is 14.5 Å². The fourth-order valence-corrected chi connectivity index (χ4v) is 5.28. The molecule has 0 spiro atoms. The molecule has 0 aliphatic carbocycles. The zero-order valence-electron chi connectivity index (χ0n) is 21.2. The number of carbonyl (C=O) groups excluding carboxylic acids is 1. The summed E-state index contributed by atoms with van der Waals surface area (Å²) in [6, 6.07) is 26.6. The predicted octanol–water partition coefficient (Wildman–Crippen LogP) is 6.34. The van der Waals surface area contributed by atoms with Gasteiger partial charge in [-0.1, -0.05) is 59.6 Å². The van der Waals surface area contributed by atoms with Crippen molar-refractivity contribution in [2.24, 2.45) is 0 Å². The number of hydrogen-bond donors (Lipinski definition) is 0. The molecular formula is C30H25Cl2N5O2. The third-order valence-electron chi connectivity index (χ3n) is 6.93. The minimum Gasteiger partial charge on any atom is -0.496 e. The number of amides is 1. The Balaban J connectivity index is 1.39. The van der Waals surface area contributed by atoms with Gasteiger partial charge in [0.05, 0.1) is 29.2 Å².